The number of benzene rings is 2. The maximum atomic E-state index is 13.2. The van der Waals surface area contributed by atoms with E-state index < -0.39 is 17.8 Å². The van der Waals surface area contributed by atoms with E-state index >= 15 is 0 Å². The van der Waals surface area contributed by atoms with Gasteiger partial charge in [0.25, 0.3) is 5.91 Å². The van der Waals surface area contributed by atoms with Gasteiger partial charge in [0.2, 0.25) is 0 Å². The van der Waals surface area contributed by atoms with Gasteiger partial charge in [-0.25, -0.2) is 19.0 Å². The van der Waals surface area contributed by atoms with E-state index in [1.54, 1.807) is 19.1 Å². The van der Waals surface area contributed by atoms with Crippen LogP contribution in [0.5, 0.6) is 0 Å². The van der Waals surface area contributed by atoms with Gasteiger partial charge in [0.15, 0.2) is 0 Å². The van der Waals surface area contributed by atoms with Gasteiger partial charge in [-0.3, -0.25) is 4.79 Å². The second kappa shape index (κ2) is 8.83. The summed E-state index contributed by atoms with van der Waals surface area (Å²) < 4.78 is 22.6. The standard InChI is InChI=1S/C21H17FN2O5S/c1-11-17(30-19(23-11)12-4-7-14(22)8-5-12)18(25)24-16-10-13(20(26)28-2)6-9-15(16)21(27)29-3/h4-10H,1-3H3,(H,24,25). The minimum absolute atomic E-state index is 0.0828. The Morgan fingerprint density at radius 1 is 1.00 bits per heavy atom. The van der Waals surface area contributed by atoms with Crippen LogP contribution in [-0.4, -0.2) is 37.0 Å². The number of aryl methyl sites for hydroxylation is 1. The lowest BCUT2D eigenvalue weighted by molar-refractivity contribution is 0.0587. The van der Waals surface area contributed by atoms with Crippen LogP contribution < -0.4 is 5.32 Å². The summed E-state index contributed by atoms with van der Waals surface area (Å²) in [6.07, 6.45) is 0. The van der Waals surface area contributed by atoms with Crippen molar-refractivity contribution >= 4 is 34.9 Å². The molecule has 0 bridgehead atoms. The minimum Gasteiger partial charge on any atom is -0.465 e. The number of anilines is 1. The van der Waals surface area contributed by atoms with E-state index in [9.17, 15) is 18.8 Å². The summed E-state index contributed by atoms with van der Waals surface area (Å²) in [4.78, 5) is 41.4. The number of nitrogens with zero attached hydrogens (tertiary/aromatic N) is 1. The number of hydrogen-bond donors (Lipinski definition) is 1. The lowest BCUT2D eigenvalue weighted by Gasteiger charge is -2.11. The first-order valence-corrected chi connectivity index (χ1v) is 9.51. The van der Waals surface area contributed by atoms with Gasteiger partial charge in [0.1, 0.15) is 15.7 Å². The molecule has 2 aromatic carbocycles. The van der Waals surface area contributed by atoms with Crippen LogP contribution in [0.25, 0.3) is 10.6 Å². The molecule has 0 saturated carbocycles. The second-order valence-corrected chi connectivity index (χ2v) is 7.14. The topological polar surface area (TPSA) is 94.6 Å². The molecule has 1 amide bonds. The number of amides is 1. The molecule has 154 valence electrons. The number of carbonyl (C=O) groups excluding carboxylic acids is 3. The molecular weight excluding hydrogens is 411 g/mol. The third-order valence-corrected chi connectivity index (χ3v) is 5.39. The number of rotatable bonds is 5. The van der Waals surface area contributed by atoms with Crippen LogP contribution in [-0.2, 0) is 9.47 Å². The van der Waals surface area contributed by atoms with Crippen LogP contribution in [0.3, 0.4) is 0 Å². The predicted molar refractivity (Wildman–Crippen MR) is 109 cm³/mol. The van der Waals surface area contributed by atoms with Gasteiger partial charge in [0.05, 0.1) is 36.7 Å². The highest BCUT2D eigenvalue weighted by atomic mass is 32.1. The molecule has 0 aliphatic rings. The van der Waals surface area contributed by atoms with Crippen molar-refractivity contribution in [2.24, 2.45) is 0 Å². The molecule has 0 aliphatic carbocycles. The molecule has 9 heteroatoms. The van der Waals surface area contributed by atoms with Gasteiger partial charge in [-0.05, 0) is 49.4 Å². The van der Waals surface area contributed by atoms with Gasteiger partial charge in [-0.15, -0.1) is 11.3 Å². The van der Waals surface area contributed by atoms with Crippen LogP contribution in [0.15, 0.2) is 42.5 Å². The molecule has 3 aromatic rings. The van der Waals surface area contributed by atoms with Crippen molar-refractivity contribution in [1.82, 2.24) is 4.98 Å². The lowest BCUT2D eigenvalue weighted by atomic mass is 10.1. The lowest BCUT2D eigenvalue weighted by Crippen LogP contribution is -2.16. The van der Waals surface area contributed by atoms with Gasteiger partial charge < -0.3 is 14.8 Å². The number of nitrogens with one attached hydrogen (secondary N) is 1. The molecule has 0 unspecified atom stereocenters. The number of aromatic nitrogens is 1. The van der Waals surface area contributed by atoms with Crippen molar-refractivity contribution in [2.75, 3.05) is 19.5 Å². The van der Waals surface area contributed by atoms with Crippen molar-refractivity contribution in [3.63, 3.8) is 0 Å². The number of methoxy groups -OCH3 is 2. The van der Waals surface area contributed by atoms with Crippen molar-refractivity contribution in [1.29, 1.82) is 0 Å². The highest BCUT2D eigenvalue weighted by Gasteiger charge is 2.21. The third-order valence-electron chi connectivity index (χ3n) is 4.19. The monoisotopic (exact) mass is 428 g/mol. The van der Waals surface area contributed by atoms with Crippen LogP contribution in [0.1, 0.15) is 36.1 Å². The maximum absolute atomic E-state index is 13.2. The van der Waals surface area contributed by atoms with Crippen molar-refractivity contribution < 1.29 is 28.2 Å². The Balaban J connectivity index is 1.94. The number of carbonyl (C=O) groups is 3. The molecule has 0 aliphatic heterocycles. The number of hydrogen-bond acceptors (Lipinski definition) is 7. The van der Waals surface area contributed by atoms with E-state index in [0.29, 0.717) is 21.1 Å². The number of halogens is 1. The summed E-state index contributed by atoms with van der Waals surface area (Å²) >= 11 is 1.13. The second-order valence-electron chi connectivity index (χ2n) is 6.14. The molecule has 30 heavy (non-hydrogen) atoms. The quantitative estimate of drug-likeness (QED) is 0.616. The average Bonchev–Trinajstić information content (AvgIpc) is 3.14. The summed E-state index contributed by atoms with van der Waals surface area (Å²) in [5.41, 5.74) is 1.49. The molecule has 0 radical (unpaired) electrons. The van der Waals surface area contributed by atoms with Gasteiger partial charge in [0, 0.05) is 5.56 Å². The molecule has 1 aromatic heterocycles. The van der Waals surface area contributed by atoms with E-state index in [-0.39, 0.29) is 22.6 Å². The fourth-order valence-corrected chi connectivity index (χ4v) is 3.65. The molecule has 1 N–H and O–H groups in total. The zero-order chi connectivity index (χ0) is 21.8. The Kier molecular flexibility index (Phi) is 6.22. The SMILES string of the molecule is COC(=O)c1ccc(C(=O)OC)c(NC(=O)c2sc(-c3ccc(F)cc3)nc2C)c1. The maximum Gasteiger partial charge on any atom is 0.339 e. The Labute approximate surface area is 175 Å². The first-order valence-electron chi connectivity index (χ1n) is 8.69. The summed E-state index contributed by atoms with van der Waals surface area (Å²) in [6, 6.07) is 9.89. The van der Waals surface area contributed by atoms with Crippen molar-refractivity contribution in [3.8, 4) is 10.6 Å². The Bertz CT molecular complexity index is 1120. The zero-order valence-electron chi connectivity index (χ0n) is 16.3. The normalized spacial score (nSPS) is 10.4. The van der Waals surface area contributed by atoms with Crippen molar-refractivity contribution in [3.05, 3.63) is 70.0 Å². The Hall–Kier alpha value is -3.59. The predicted octanol–water partition coefficient (Wildman–Crippen LogP) is 4.08. The molecule has 7 nitrogen and oxygen atoms in total. The molecule has 0 spiro atoms. The first kappa shape index (κ1) is 21.1. The highest BCUT2D eigenvalue weighted by molar-refractivity contribution is 7.17. The van der Waals surface area contributed by atoms with Crippen LogP contribution in [0.4, 0.5) is 10.1 Å². The third kappa shape index (κ3) is 4.36. The number of ether oxygens (including phenoxy) is 2. The molecule has 0 saturated heterocycles. The van der Waals surface area contributed by atoms with Crippen molar-refractivity contribution in [2.45, 2.75) is 6.92 Å². The molecule has 1 heterocycles. The highest BCUT2D eigenvalue weighted by Crippen LogP contribution is 2.29. The minimum atomic E-state index is -0.672. The fraction of sp³-hybridized carbons (Fsp3) is 0.143. The average molecular weight is 428 g/mol. The largest absolute Gasteiger partial charge is 0.465 e. The van der Waals surface area contributed by atoms with Gasteiger partial charge in [-0.2, -0.15) is 0 Å². The van der Waals surface area contributed by atoms with Gasteiger partial charge >= 0.3 is 11.9 Å². The molecule has 0 atom stereocenters. The zero-order valence-corrected chi connectivity index (χ0v) is 17.1. The van der Waals surface area contributed by atoms with Crippen LogP contribution >= 0.6 is 11.3 Å². The number of esters is 2. The first-order chi connectivity index (χ1) is 14.3. The van der Waals surface area contributed by atoms with E-state index in [1.165, 1.54) is 44.6 Å². The molecular formula is C21H17FN2O5S. The summed E-state index contributed by atoms with van der Waals surface area (Å²) in [5.74, 6) is -2.17. The summed E-state index contributed by atoms with van der Waals surface area (Å²) in [6.45, 7) is 1.67. The van der Waals surface area contributed by atoms with Crippen LogP contribution in [0, 0.1) is 12.7 Å². The molecule has 0 fully saturated rings. The van der Waals surface area contributed by atoms with E-state index in [2.05, 4.69) is 15.0 Å². The van der Waals surface area contributed by atoms with Crippen LogP contribution in [0.2, 0.25) is 0 Å². The molecule has 3 rings (SSSR count). The Morgan fingerprint density at radius 2 is 1.67 bits per heavy atom. The van der Waals surface area contributed by atoms with E-state index in [1.807, 2.05) is 0 Å². The fourth-order valence-electron chi connectivity index (χ4n) is 2.68. The Morgan fingerprint density at radius 3 is 2.30 bits per heavy atom. The van der Waals surface area contributed by atoms with E-state index in [4.69, 9.17) is 4.74 Å². The van der Waals surface area contributed by atoms with Gasteiger partial charge in [-0.1, -0.05) is 0 Å². The van der Waals surface area contributed by atoms with E-state index in [0.717, 1.165) is 11.3 Å². The summed E-state index contributed by atoms with van der Waals surface area (Å²) in [7, 11) is 2.44. The smallest absolute Gasteiger partial charge is 0.339 e. The summed E-state index contributed by atoms with van der Waals surface area (Å²) in [5, 5.41) is 3.19. The number of thiazole rings is 1.